The van der Waals surface area contributed by atoms with Crippen molar-refractivity contribution in [3.63, 3.8) is 0 Å². The third-order valence-electron chi connectivity index (χ3n) is 3.94. The van der Waals surface area contributed by atoms with Gasteiger partial charge < -0.3 is 20.3 Å². The summed E-state index contributed by atoms with van der Waals surface area (Å²) in [7, 11) is 1.61. The maximum absolute atomic E-state index is 12.3. The molecule has 1 atom stereocenters. The van der Waals surface area contributed by atoms with Gasteiger partial charge in [0.25, 0.3) is 5.56 Å². The molecule has 0 bridgehead atoms. The zero-order valence-corrected chi connectivity index (χ0v) is 14.9. The number of carboxylic acid groups (broad SMARTS) is 1. The number of aliphatic carboxylic acids is 1. The maximum atomic E-state index is 12.3. The number of nitrogens with one attached hydrogen (secondary N) is 2. The quantitative estimate of drug-likeness (QED) is 0.708. The topological polar surface area (TPSA) is 100 Å². The number of hydrogen-bond acceptors (Lipinski definition) is 3. The standard InChI is InChI=1S/C19H23N3O4/c1-13-10-16(18(25)22(2)12-13)21-19(26)20-15(8-9-17(23)24)11-14-6-4-3-5-7-14/h3-7,10,12,15H,8-9,11H2,1-2H3,(H,23,24)(H2,20,21,26). The van der Waals surface area contributed by atoms with Crippen molar-refractivity contribution in [2.24, 2.45) is 7.05 Å². The largest absolute Gasteiger partial charge is 0.481 e. The lowest BCUT2D eigenvalue weighted by atomic mass is 10.0. The minimum atomic E-state index is -0.919. The van der Waals surface area contributed by atoms with E-state index in [1.54, 1.807) is 19.3 Å². The number of amides is 2. The molecule has 0 saturated carbocycles. The number of hydrogen-bond donors (Lipinski definition) is 3. The van der Waals surface area contributed by atoms with Gasteiger partial charge in [-0.3, -0.25) is 9.59 Å². The third kappa shape index (κ3) is 5.77. The SMILES string of the molecule is Cc1cc(NC(=O)NC(CCC(=O)O)Cc2ccccc2)c(=O)n(C)c1. The average Bonchev–Trinajstić information content (AvgIpc) is 2.58. The fraction of sp³-hybridized carbons (Fsp3) is 0.316. The Balaban J connectivity index is 2.07. The molecule has 26 heavy (non-hydrogen) atoms. The van der Waals surface area contributed by atoms with Crippen molar-refractivity contribution in [3.05, 3.63) is 64.1 Å². The summed E-state index contributed by atoms with van der Waals surface area (Å²) in [6.45, 7) is 1.83. The molecule has 1 unspecified atom stereocenters. The Labute approximate surface area is 151 Å². The van der Waals surface area contributed by atoms with Crippen LogP contribution in [0.5, 0.6) is 0 Å². The predicted octanol–water partition coefficient (Wildman–Crippen LogP) is 2.29. The molecule has 2 aromatic rings. The summed E-state index contributed by atoms with van der Waals surface area (Å²) in [4.78, 5) is 35.3. The van der Waals surface area contributed by atoms with E-state index in [1.165, 1.54) is 4.57 Å². The van der Waals surface area contributed by atoms with Crippen LogP contribution in [-0.2, 0) is 18.3 Å². The minimum Gasteiger partial charge on any atom is -0.481 e. The van der Waals surface area contributed by atoms with Crippen LogP contribution in [0, 0.1) is 6.92 Å². The smallest absolute Gasteiger partial charge is 0.319 e. The molecule has 138 valence electrons. The number of nitrogens with zero attached hydrogens (tertiary/aromatic N) is 1. The summed E-state index contributed by atoms with van der Waals surface area (Å²) in [5.41, 5.74) is 1.71. The second kappa shape index (κ2) is 8.84. The van der Waals surface area contributed by atoms with Crippen LogP contribution >= 0.6 is 0 Å². The van der Waals surface area contributed by atoms with Gasteiger partial charge in [-0.2, -0.15) is 0 Å². The van der Waals surface area contributed by atoms with Gasteiger partial charge in [-0.25, -0.2) is 4.79 Å². The summed E-state index contributed by atoms with van der Waals surface area (Å²) in [6, 6.07) is 10.2. The Morgan fingerprint density at radius 3 is 2.58 bits per heavy atom. The molecule has 7 nitrogen and oxygen atoms in total. The molecule has 7 heteroatoms. The van der Waals surface area contributed by atoms with Gasteiger partial charge in [-0.1, -0.05) is 30.3 Å². The van der Waals surface area contributed by atoms with E-state index in [0.29, 0.717) is 12.8 Å². The van der Waals surface area contributed by atoms with Crippen molar-refractivity contribution >= 4 is 17.7 Å². The summed E-state index contributed by atoms with van der Waals surface area (Å²) in [5.74, 6) is -0.919. The van der Waals surface area contributed by atoms with Gasteiger partial charge in [-0.15, -0.1) is 0 Å². The Morgan fingerprint density at radius 2 is 1.92 bits per heavy atom. The Morgan fingerprint density at radius 1 is 1.23 bits per heavy atom. The number of carbonyl (C=O) groups is 2. The second-order valence-electron chi connectivity index (χ2n) is 6.26. The highest BCUT2D eigenvalue weighted by Crippen LogP contribution is 2.09. The first kappa shape index (κ1) is 19.2. The molecular formula is C19H23N3O4. The molecule has 3 N–H and O–H groups in total. The van der Waals surface area contributed by atoms with Gasteiger partial charge >= 0.3 is 12.0 Å². The molecule has 0 aliphatic heterocycles. The molecule has 0 radical (unpaired) electrons. The summed E-state index contributed by atoms with van der Waals surface area (Å²) in [6.07, 6.45) is 2.43. The van der Waals surface area contributed by atoms with Gasteiger partial charge in [0.1, 0.15) is 5.69 Å². The molecule has 0 aliphatic carbocycles. The molecule has 1 aromatic heterocycles. The van der Waals surface area contributed by atoms with Crippen LogP contribution in [0.1, 0.15) is 24.0 Å². The lowest BCUT2D eigenvalue weighted by Crippen LogP contribution is -2.40. The van der Waals surface area contributed by atoms with Crippen LogP contribution in [0.3, 0.4) is 0 Å². The number of anilines is 1. The van der Waals surface area contributed by atoms with E-state index >= 15 is 0 Å². The van der Waals surface area contributed by atoms with Gasteiger partial charge in [0.05, 0.1) is 0 Å². The van der Waals surface area contributed by atoms with E-state index in [-0.39, 0.29) is 23.7 Å². The lowest BCUT2D eigenvalue weighted by molar-refractivity contribution is -0.137. The number of rotatable bonds is 7. The highest BCUT2D eigenvalue weighted by molar-refractivity contribution is 5.89. The first-order chi connectivity index (χ1) is 12.3. The van der Waals surface area contributed by atoms with Crippen LogP contribution in [0.25, 0.3) is 0 Å². The normalized spacial score (nSPS) is 11.6. The van der Waals surface area contributed by atoms with Gasteiger partial charge in [0.15, 0.2) is 0 Å². The van der Waals surface area contributed by atoms with Crippen LogP contribution in [-0.4, -0.2) is 27.7 Å². The maximum Gasteiger partial charge on any atom is 0.319 e. The number of urea groups is 1. The summed E-state index contributed by atoms with van der Waals surface area (Å²) >= 11 is 0. The van der Waals surface area contributed by atoms with Gasteiger partial charge in [-0.05, 0) is 37.0 Å². The first-order valence-electron chi connectivity index (χ1n) is 8.35. The van der Waals surface area contributed by atoms with Crippen LogP contribution in [0.2, 0.25) is 0 Å². The molecule has 0 saturated heterocycles. The van der Waals surface area contributed by atoms with E-state index in [1.807, 2.05) is 37.3 Å². The average molecular weight is 357 g/mol. The molecule has 2 amide bonds. The summed E-state index contributed by atoms with van der Waals surface area (Å²) < 4.78 is 1.40. The zero-order chi connectivity index (χ0) is 19.1. The predicted molar refractivity (Wildman–Crippen MR) is 99.4 cm³/mol. The number of carboxylic acids is 1. The second-order valence-corrected chi connectivity index (χ2v) is 6.26. The van der Waals surface area contributed by atoms with Gasteiger partial charge in [0, 0.05) is 25.7 Å². The number of aromatic nitrogens is 1. The molecule has 0 spiro atoms. The molecule has 1 heterocycles. The first-order valence-corrected chi connectivity index (χ1v) is 8.35. The van der Waals surface area contributed by atoms with Crippen molar-refractivity contribution in [1.82, 2.24) is 9.88 Å². The van der Waals surface area contributed by atoms with E-state index in [2.05, 4.69) is 10.6 Å². The molecular weight excluding hydrogens is 334 g/mol. The lowest BCUT2D eigenvalue weighted by Gasteiger charge is -2.19. The van der Waals surface area contributed by atoms with Crippen LogP contribution < -0.4 is 16.2 Å². The van der Waals surface area contributed by atoms with Crippen LogP contribution in [0.4, 0.5) is 10.5 Å². The monoisotopic (exact) mass is 357 g/mol. The highest BCUT2D eigenvalue weighted by atomic mass is 16.4. The number of carbonyl (C=O) groups excluding carboxylic acids is 1. The van der Waals surface area contributed by atoms with Crippen molar-refractivity contribution in [1.29, 1.82) is 0 Å². The molecule has 2 rings (SSSR count). The highest BCUT2D eigenvalue weighted by Gasteiger charge is 2.16. The van der Waals surface area contributed by atoms with Crippen molar-refractivity contribution in [2.75, 3.05) is 5.32 Å². The molecule has 0 aliphatic rings. The number of aryl methyl sites for hydroxylation is 2. The van der Waals surface area contributed by atoms with Gasteiger partial charge in [0.2, 0.25) is 0 Å². The number of pyridine rings is 1. The Bertz CT molecular complexity index is 830. The van der Waals surface area contributed by atoms with Crippen molar-refractivity contribution < 1.29 is 14.7 Å². The van der Waals surface area contributed by atoms with E-state index in [0.717, 1.165) is 11.1 Å². The third-order valence-corrected chi connectivity index (χ3v) is 3.94. The zero-order valence-electron chi connectivity index (χ0n) is 14.9. The fourth-order valence-corrected chi connectivity index (χ4v) is 2.74. The fourth-order valence-electron chi connectivity index (χ4n) is 2.74. The number of benzene rings is 1. The molecule has 1 aromatic carbocycles. The van der Waals surface area contributed by atoms with E-state index in [4.69, 9.17) is 5.11 Å². The molecule has 0 fully saturated rings. The van der Waals surface area contributed by atoms with Crippen molar-refractivity contribution in [3.8, 4) is 0 Å². The summed E-state index contributed by atoms with van der Waals surface area (Å²) in [5, 5.41) is 14.3. The Hall–Kier alpha value is -3.09. The minimum absolute atomic E-state index is 0.0516. The van der Waals surface area contributed by atoms with E-state index < -0.39 is 12.0 Å². The Kier molecular flexibility index (Phi) is 6.54. The van der Waals surface area contributed by atoms with Crippen LogP contribution in [0.15, 0.2) is 47.4 Å². The van der Waals surface area contributed by atoms with E-state index in [9.17, 15) is 14.4 Å². The van der Waals surface area contributed by atoms with Crippen molar-refractivity contribution in [2.45, 2.75) is 32.2 Å².